The zero-order valence-corrected chi connectivity index (χ0v) is 11.5. The maximum Gasteiger partial charge on any atom is 0.335 e. The summed E-state index contributed by atoms with van der Waals surface area (Å²) in [4.78, 5) is 22.2. The SMILES string of the molecule is CSC(C)CNC(=O)Nc1ccc(C(=O)O)cc1O. The van der Waals surface area contributed by atoms with Gasteiger partial charge in [-0.25, -0.2) is 9.59 Å². The van der Waals surface area contributed by atoms with Crippen LogP contribution in [0.5, 0.6) is 5.75 Å². The maximum atomic E-state index is 11.5. The highest BCUT2D eigenvalue weighted by Gasteiger charge is 2.10. The van der Waals surface area contributed by atoms with Crippen LogP contribution in [-0.4, -0.2) is 40.3 Å². The van der Waals surface area contributed by atoms with Gasteiger partial charge < -0.3 is 20.8 Å². The van der Waals surface area contributed by atoms with Gasteiger partial charge in [-0.2, -0.15) is 11.8 Å². The molecule has 1 unspecified atom stereocenters. The lowest BCUT2D eigenvalue weighted by molar-refractivity contribution is 0.0696. The number of carboxylic acid groups (broad SMARTS) is 1. The molecule has 0 spiro atoms. The molecular weight excluding hydrogens is 268 g/mol. The number of rotatable bonds is 5. The molecule has 0 saturated heterocycles. The molecule has 0 aliphatic rings. The van der Waals surface area contributed by atoms with Crippen LogP contribution in [0.15, 0.2) is 18.2 Å². The largest absolute Gasteiger partial charge is 0.506 e. The van der Waals surface area contributed by atoms with Crippen LogP contribution in [0.25, 0.3) is 0 Å². The van der Waals surface area contributed by atoms with Crippen molar-refractivity contribution in [1.82, 2.24) is 5.32 Å². The number of aromatic hydroxyl groups is 1. The van der Waals surface area contributed by atoms with Crippen LogP contribution in [0.1, 0.15) is 17.3 Å². The number of hydrogen-bond donors (Lipinski definition) is 4. The average molecular weight is 284 g/mol. The quantitative estimate of drug-likeness (QED) is 0.620. The highest BCUT2D eigenvalue weighted by atomic mass is 32.2. The zero-order valence-electron chi connectivity index (χ0n) is 10.6. The van der Waals surface area contributed by atoms with Crippen LogP contribution in [0.2, 0.25) is 0 Å². The van der Waals surface area contributed by atoms with E-state index in [-0.39, 0.29) is 22.3 Å². The van der Waals surface area contributed by atoms with E-state index in [0.717, 1.165) is 6.07 Å². The van der Waals surface area contributed by atoms with Gasteiger partial charge in [0.2, 0.25) is 0 Å². The summed E-state index contributed by atoms with van der Waals surface area (Å²) in [5.41, 5.74) is 0.124. The van der Waals surface area contributed by atoms with E-state index in [1.54, 1.807) is 11.8 Å². The van der Waals surface area contributed by atoms with E-state index in [2.05, 4.69) is 10.6 Å². The number of aromatic carboxylic acids is 1. The number of urea groups is 1. The molecule has 0 aliphatic heterocycles. The van der Waals surface area contributed by atoms with Crippen LogP contribution in [0, 0.1) is 0 Å². The third-order valence-corrected chi connectivity index (χ3v) is 3.42. The molecule has 4 N–H and O–H groups in total. The summed E-state index contributed by atoms with van der Waals surface area (Å²) in [5.74, 6) is -1.42. The van der Waals surface area contributed by atoms with Gasteiger partial charge >= 0.3 is 12.0 Å². The van der Waals surface area contributed by atoms with E-state index in [1.807, 2.05) is 13.2 Å². The second-order valence-corrected chi connectivity index (χ2v) is 5.19. The van der Waals surface area contributed by atoms with Crippen LogP contribution in [0.4, 0.5) is 10.5 Å². The molecule has 0 heterocycles. The fourth-order valence-electron chi connectivity index (χ4n) is 1.26. The van der Waals surface area contributed by atoms with Crippen LogP contribution in [0.3, 0.4) is 0 Å². The van der Waals surface area contributed by atoms with Gasteiger partial charge in [-0.1, -0.05) is 6.92 Å². The van der Waals surface area contributed by atoms with E-state index in [4.69, 9.17) is 5.11 Å². The van der Waals surface area contributed by atoms with Gasteiger partial charge in [-0.3, -0.25) is 0 Å². The predicted octanol–water partition coefficient (Wildman–Crippen LogP) is 1.96. The summed E-state index contributed by atoms with van der Waals surface area (Å²) in [6, 6.07) is 3.29. The Morgan fingerprint density at radius 1 is 1.42 bits per heavy atom. The molecule has 1 aromatic rings. The molecule has 2 amide bonds. The van der Waals surface area contributed by atoms with Crippen LogP contribution >= 0.6 is 11.8 Å². The zero-order chi connectivity index (χ0) is 14.4. The summed E-state index contributed by atoms with van der Waals surface area (Å²) in [5, 5.41) is 23.7. The second kappa shape index (κ2) is 6.89. The van der Waals surface area contributed by atoms with Gasteiger partial charge in [0.1, 0.15) is 5.75 Å². The molecule has 0 saturated carbocycles. The Morgan fingerprint density at radius 3 is 2.63 bits per heavy atom. The first kappa shape index (κ1) is 15.2. The third kappa shape index (κ3) is 4.70. The number of hydrogen-bond acceptors (Lipinski definition) is 4. The van der Waals surface area contributed by atoms with Crippen molar-refractivity contribution in [3.8, 4) is 5.75 Å². The molecule has 0 aliphatic carbocycles. The second-order valence-electron chi connectivity index (χ2n) is 3.92. The molecule has 0 aromatic heterocycles. The van der Waals surface area contributed by atoms with Crippen molar-refractivity contribution in [3.63, 3.8) is 0 Å². The number of phenolic OH excluding ortho intramolecular Hbond substituents is 1. The lowest BCUT2D eigenvalue weighted by Crippen LogP contribution is -2.33. The number of carbonyl (C=O) groups is 2. The fourth-order valence-corrected chi connectivity index (χ4v) is 1.51. The van der Waals surface area contributed by atoms with E-state index in [1.165, 1.54) is 12.1 Å². The Morgan fingerprint density at radius 2 is 2.11 bits per heavy atom. The molecule has 0 fully saturated rings. The Balaban J connectivity index is 2.62. The summed E-state index contributed by atoms with van der Waals surface area (Å²) in [6.45, 7) is 2.48. The maximum absolute atomic E-state index is 11.5. The van der Waals surface area contributed by atoms with Crippen molar-refractivity contribution >= 4 is 29.4 Å². The van der Waals surface area contributed by atoms with Crippen LogP contribution in [-0.2, 0) is 0 Å². The van der Waals surface area contributed by atoms with Crippen molar-refractivity contribution in [3.05, 3.63) is 23.8 Å². The number of nitrogens with one attached hydrogen (secondary N) is 2. The summed E-state index contributed by atoms with van der Waals surface area (Å²) in [6.07, 6.45) is 1.95. The standard InChI is InChI=1S/C12H16N2O4S/c1-7(19-2)6-13-12(18)14-9-4-3-8(11(16)17)5-10(9)15/h3-5,7,15H,6H2,1-2H3,(H,16,17)(H2,13,14,18). The van der Waals surface area contributed by atoms with Gasteiger partial charge in [-0.15, -0.1) is 0 Å². The average Bonchev–Trinajstić information content (AvgIpc) is 2.38. The lowest BCUT2D eigenvalue weighted by atomic mass is 10.2. The van der Waals surface area contributed by atoms with Crippen molar-refractivity contribution in [1.29, 1.82) is 0 Å². The predicted molar refractivity (Wildman–Crippen MR) is 75.1 cm³/mol. The highest BCUT2D eigenvalue weighted by molar-refractivity contribution is 7.99. The van der Waals surface area contributed by atoms with E-state index in [9.17, 15) is 14.7 Å². The van der Waals surface area contributed by atoms with Crippen LogP contribution < -0.4 is 10.6 Å². The highest BCUT2D eigenvalue weighted by Crippen LogP contribution is 2.24. The minimum Gasteiger partial charge on any atom is -0.506 e. The normalized spacial score (nSPS) is 11.7. The van der Waals surface area contributed by atoms with Gasteiger partial charge in [0.25, 0.3) is 0 Å². The number of carboxylic acids is 1. The van der Waals surface area contributed by atoms with E-state index >= 15 is 0 Å². The molecule has 6 nitrogen and oxygen atoms in total. The van der Waals surface area contributed by atoms with Gasteiger partial charge in [0.15, 0.2) is 0 Å². The summed E-state index contributed by atoms with van der Waals surface area (Å²) in [7, 11) is 0. The Kier molecular flexibility index (Phi) is 5.50. The molecule has 19 heavy (non-hydrogen) atoms. The molecule has 1 rings (SSSR count). The first-order valence-corrected chi connectivity index (χ1v) is 6.86. The molecule has 1 aromatic carbocycles. The monoisotopic (exact) mass is 284 g/mol. The van der Waals surface area contributed by atoms with Crippen molar-refractivity contribution in [2.24, 2.45) is 0 Å². The number of benzene rings is 1. The number of carbonyl (C=O) groups excluding carboxylic acids is 1. The number of amides is 2. The van der Waals surface area contributed by atoms with Crippen molar-refractivity contribution < 1.29 is 19.8 Å². The Hall–Kier alpha value is -1.89. The Labute approximate surface area is 115 Å². The fraction of sp³-hybridized carbons (Fsp3) is 0.333. The molecule has 0 radical (unpaired) electrons. The van der Waals surface area contributed by atoms with E-state index in [0.29, 0.717) is 6.54 Å². The summed E-state index contributed by atoms with van der Waals surface area (Å²) >= 11 is 1.62. The molecular formula is C12H16N2O4S. The smallest absolute Gasteiger partial charge is 0.335 e. The first-order valence-electron chi connectivity index (χ1n) is 5.58. The first-order chi connectivity index (χ1) is 8.93. The topological polar surface area (TPSA) is 98.7 Å². The van der Waals surface area contributed by atoms with Gasteiger partial charge in [0, 0.05) is 11.8 Å². The van der Waals surface area contributed by atoms with E-state index < -0.39 is 12.0 Å². The van der Waals surface area contributed by atoms with Crippen molar-refractivity contribution in [2.45, 2.75) is 12.2 Å². The lowest BCUT2D eigenvalue weighted by Gasteiger charge is -2.12. The van der Waals surface area contributed by atoms with Crippen molar-refractivity contribution in [2.75, 3.05) is 18.1 Å². The minimum atomic E-state index is -1.14. The number of anilines is 1. The number of thioether (sulfide) groups is 1. The van der Waals surface area contributed by atoms with Gasteiger partial charge in [0.05, 0.1) is 11.3 Å². The Bertz CT molecular complexity index is 479. The molecule has 104 valence electrons. The molecule has 1 atom stereocenters. The van der Waals surface area contributed by atoms with Gasteiger partial charge in [-0.05, 0) is 24.5 Å². The summed E-state index contributed by atoms with van der Waals surface area (Å²) < 4.78 is 0. The number of phenols is 1. The minimum absolute atomic E-state index is 0.0422. The third-order valence-electron chi connectivity index (χ3n) is 2.45. The molecule has 0 bridgehead atoms. The molecule has 7 heteroatoms.